The van der Waals surface area contributed by atoms with Gasteiger partial charge in [0.15, 0.2) is 0 Å². The summed E-state index contributed by atoms with van der Waals surface area (Å²) in [5.41, 5.74) is 5.42. The van der Waals surface area contributed by atoms with E-state index in [9.17, 15) is 9.59 Å². The topological polar surface area (TPSA) is 98.6 Å². The highest BCUT2D eigenvalue weighted by Gasteiger charge is 2.22. The van der Waals surface area contributed by atoms with Crippen LogP contribution in [0.4, 0.5) is 10.6 Å². The van der Waals surface area contributed by atoms with Crippen molar-refractivity contribution in [2.75, 3.05) is 11.9 Å². The van der Waals surface area contributed by atoms with Crippen LogP contribution >= 0.6 is 0 Å². The van der Waals surface area contributed by atoms with Gasteiger partial charge in [-0.25, -0.2) is 14.8 Å². The molecule has 5 rings (SSSR count). The van der Waals surface area contributed by atoms with Crippen molar-refractivity contribution in [2.24, 2.45) is 0 Å². The highest BCUT2D eigenvalue weighted by atomic mass is 16.6. The molecule has 0 aliphatic heterocycles. The quantitative estimate of drug-likeness (QED) is 0.137. The van der Waals surface area contributed by atoms with E-state index in [2.05, 4.69) is 53.0 Å². The largest absolute Gasteiger partial charge is 0.489 e. The molecule has 3 aromatic heterocycles. The van der Waals surface area contributed by atoms with E-state index in [1.807, 2.05) is 75.4 Å². The molecule has 9 nitrogen and oxygen atoms in total. The Balaban J connectivity index is 1.21. The molecule has 0 aliphatic rings. The Morgan fingerprint density at radius 3 is 2.35 bits per heavy atom. The predicted octanol–water partition coefficient (Wildman–Crippen LogP) is 8.33. The van der Waals surface area contributed by atoms with Crippen LogP contribution in [0.5, 0.6) is 5.75 Å². The molecule has 5 aromatic rings. The summed E-state index contributed by atoms with van der Waals surface area (Å²) in [5.74, 6) is 1.98. The number of carbonyl (C=O) groups excluding carboxylic acids is 2. The number of benzene rings is 2. The van der Waals surface area contributed by atoms with Gasteiger partial charge in [-0.2, -0.15) is 0 Å². The second-order valence-electron chi connectivity index (χ2n) is 13.1. The number of rotatable bonds is 12. The summed E-state index contributed by atoms with van der Waals surface area (Å²) in [7, 11) is 0. The predicted molar refractivity (Wildman–Crippen MR) is 189 cm³/mol. The Hall–Kier alpha value is -5.18. The van der Waals surface area contributed by atoms with Crippen LogP contribution < -0.4 is 10.1 Å². The molecule has 3 heterocycles. The summed E-state index contributed by atoms with van der Waals surface area (Å²) in [6.07, 6.45) is 2.17. The fourth-order valence-electron chi connectivity index (χ4n) is 5.55. The van der Waals surface area contributed by atoms with Crippen LogP contribution in [0, 0.1) is 13.8 Å². The molecule has 0 saturated heterocycles. The molecule has 0 radical (unpaired) electrons. The van der Waals surface area contributed by atoms with Crippen LogP contribution in [-0.4, -0.2) is 43.6 Å². The number of nitrogens with zero attached hydrogens (tertiary/aromatic N) is 4. The lowest BCUT2D eigenvalue weighted by Gasteiger charge is -2.27. The van der Waals surface area contributed by atoms with Crippen LogP contribution in [0.25, 0.3) is 16.7 Å². The Morgan fingerprint density at radius 2 is 1.60 bits per heavy atom. The van der Waals surface area contributed by atoms with Crippen LogP contribution in [0.2, 0.25) is 0 Å². The average molecular weight is 648 g/mol. The fraction of sp³-hybridized carbons (Fsp3) is 0.333. The molecule has 0 atom stereocenters. The summed E-state index contributed by atoms with van der Waals surface area (Å²) in [6, 6.07) is 27.8. The first-order chi connectivity index (χ1) is 22.9. The zero-order valence-electron chi connectivity index (χ0n) is 28.7. The Bertz CT molecular complexity index is 1870. The Morgan fingerprint density at radius 1 is 0.854 bits per heavy atom. The lowest BCUT2D eigenvalue weighted by Crippen LogP contribution is -2.37. The lowest BCUT2D eigenvalue weighted by molar-refractivity contribution is -0.114. The van der Waals surface area contributed by atoms with E-state index in [1.54, 1.807) is 11.0 Å². The van der Waals surface area contributed by atoms with Crippen molar-refractivity contribution in [1.29, 1.82) is 0 Å². The van der Waals surface area contributed by atoms with Crippen molar-refractivity contribution in [2.45, 2.75) is 79.6 Å². The first kappa shape index (κ1) is 34.2. The van der Waals surface area contributed by atoms with E-state index in [0.717, 1.165) is 64.2 Å². The number of aryl methyl sites for hydroxylation is 3. The number of carbonyl (C=O) groups is 2. The molecule has 0 saturated carbocycles. The summed E-state index contributed by atoms with van der Waals surface area (Å²) in [4.78, 5) is 35.9. The van der Waals surface area contributed by atoms with Gasteiger partial charge in [-0.3, -0.25) is 4.79 Å². The standard InChI is InChI=1S/C39H45N5O4/c1-27-16-17-28(2)44(27)37-15-10-13-33(41-37)12-7-8-22-43(38(46)48-39(4,5)6)25-30-11-9-14-34(23-30)47-26-31-18-19-32-20-21-36(40-29(3)45)42-35(32)24-31/h9-11,13-21,23-24H,7-8,12,22,25-26H2,1-6H3,(H,40,42,45). The molecule has 0 fully saturated rings. The zero-order valence-corrected chi connectivity index (χ0v) is 28.7. The molecule has 2 aromatic carbocycles. The number of ether oxygens (including phenoxy) is 2. The molecule has 0 spiro atoms. The third-order valence-electron chi connectivity index (χ3n) is 7.79. The van der Waals surface area contributed by atoms with Gasteiger partial charge in [-0.15, -0.1) is 0 Å². The minimum Gasteiger partial charge on any atom is -0.489 e. The van der Waals surface area contributed by atoms with E-state index < -0.39 is 5.60 Å². The SMILES string of the molecule is CC(=O)Nc1ccc2ccc(COc3cccc(CN(CCCCc4cccc(-n5c(C)ccc5C)n4)C(=O)OC(C)(C)C)c3)cc2n1. The van der Waals surface area contributed by atoms with Crippen molar-refractivity contribution >= 4 is 28.7 Å². The van der Waals surface area contributed by atoms with Crippen molar-refractivity contribution in [3.63, 3.8) is 0 Å². The fourth-order valence-corrected chi connectivity index (χ4v) is 5.55. The van der Waals surface area contributed by atoms with Crippen molar-refractivity contribution < 1.29 is 19.1 Å². The van der Waals surface area contributed by atoms with Crippen molar-refractivity contribution in [3.8, 4) is 11.6 Å². The molecule has 48 heavy (non-hydrogen) atoms. The molecule has 2 amide bonds. The number of amides is 2. The van der Waals surface area contributed by atoms with Crippen LogP contribution in [0.3, 0.4) is 0 Å². The second kappa shape index (κ2) is 15.2. The highest BCUT2D eigenvalue weighted by molar-refractivity contribution is 5.89. The third kappa shape index (κ3) is 9.44. The third-order valence-corrected chi connectivity index (χ3v) is 7.79. The normalized spacial score (nSPS) is 11.4. The molecule has 0 unspecified atom stereocenters. The molecule has 250 valence electrons. The van der Waals surface area contributed by atoms with Gasteiger partial charge >= 0.3 is 6.09 Å². The number of nitrogens with one attached hydrogen (secondary N) is 1. The molecule has 1 N–H and O–H groups in total. The van der Waals surface area contributed by atoms with Gasteiger partial charge in [-0.05, 0) is 120 Å². The summed E-state index contributed by atoms with van der Waals surface area (Å²) in [6.45, 7) is 12.6. The molecular weight excluding hydrogens is 602 g/mol. The zero-order chi connectivity index (χ0) is 34.3. The monoisotopic (exact) mass is 647 g/mol. The first-order valence-electron chi connectivity index (χ1n) is 16.4. The van der Waals surface area contributed by atoms with Crippen LogP contribution in [-0.2, 0) is 29.1 Å². The van der Waals surface area contributed by atoms with Gasteiger partial charge in [0.2, 0.25) is 5.91 Å². The van der Waals surface area contributed by atoms with Gasteiger partial charge in [0.1, 0.15) is 29.6 Å². The smallest absolute Gasteiger partial charge is 0.410 e. The number of hydrogen-bond acceptors (Lipinski definition) is 6. The van der Waals surface area contributed by atoms with Gasteiger partial charge < -0.3 is 24.3 Å². The number of aromatic nitrogens is 3. The number of fused-ring (bicyclic) bond motifs is 1. The minimum absolute atomic E-state index is 0.163. The number of unbranched alkanes of at least 4 members (excludes halogenated alkanes) is 1. The van der Waals surface area contributed by atoms with Gasteiger partial charge in [0.25, 0.3) is 0 Å². The van der Waals surface area contributed by atoms with Gasteiger partial charge in [-0.1, -0.05) is 30.3 Å². The minimum atomic E-state index is -0.600. The maximum atomic E-state index is 13.3. The van der Waals surface area contributed by atoms with Crippen LogP contribution in [0.1, 0.15) is 68.7 Å². The first-order valence-corrected chi connectivity index (χ1v) is 16.4. The maximum Gasteiger partial charge on any atom is 0.410 e. The highest BCUT2D eigenvalue weighted by Crippen LogP contribution is 2.22. The molecule has 0 bridgehead atoms. The maximum absolute atomic E-state index is 13.3. The number of pyridine rings is 2. The van der Waals surface area contributed by atoms with Crippen molar-refractivity contribution in [1.82, 2.24) is 19.4 Å². The van der Waals surface area contributed by atoms with Crippen LogP contribution in [0.15, 0.2) is 84.9 Å². The molecule has 0 aliphatic carbocycles. The Kier molecular flexibility index (Phi) is 10.8. The number of hydrogen-bond donors (Lipinski definition) is 1. The van der Waals surface area contributed by atoms with E-state index in [0.29, 0.717) is 31.3 Å². The summed E-state index contributed by atoms with van der Waals surface area (Å²) in [5, 5.41) is 3.70. The molecular formula is C39H45N5O4. The van der Waals surface area contributed by atoms with E-state index in [1.165, 1.54) is 6.92 Å². The Labute approximate surface area is 282 Å². The van der Waals surface area contributed by atoms with E-state index >= 15 is 0 Å². The van der Waals surface area contributed by atoms with Crippen molar-refractivity contribution in [3.05, 3.63) is 113 Å². The number of anilines is 1. The average Bonchev–Trinajstić information content (AvgIpc) is 3.37. The summed E-state index contributed by atoms with van der Waals surface area (Å²) < 4.78 is 14.1. The van der Waals surface area contributed by atoms with Gasteiger partial charge in [0.05, 0.1) is 5.52 Å². The second-order valence-corrected chi connectivity index (χ2v) is 13.1. The van der Waals surface area contributed by atoms with E-state index in [4.69, 9.17) is 14.5 Å². The molecule has 9 heteroatoms. The van der Waals surface area contributed by atoms with E-state index in [-0.39, 0.29) is 12.0 Å². The van der Waals surface area contributed by atoms with Gasteiger partial charge in [0, 0.05) is 42.5 Å². The summed E-state index contributed by atoms with van der Waals surface area (Å²) >= 11 is 0. The lowest BCUT2D eigenvalue weighted by atomic mass is 10.1.